The quantitative estimate of drug-likeness (QED) is 0.692. The van der Waals surface area contributed by atoms with Crippen molar-refractivity contribution in [2.24, 2.45) is 22.7 Å². The summed E-state index contributed by atoms with van der Waals surface area (Å²) in [5.74, 6) is -0.451. The Morgan fingerprint density at radius 2 is 1.91 bits per heavy atom. The number of rotatable bonds is 3. The lowest BCUT2D eigenvalue weighted by molar-refractivity contribution is -0.129. The molecule has 3 aliphatic rings. The smallest absolute Gasteiger partial charge is 0.170 e. The van der Waals surface area contributed by atoms with Gasteiger partial charge in [-0.15, -0.1) is 0 Å². The van der Waals surface area contributed by atoms with Crippen molar-refractivity contribution < 1.29 is 20.1 Å². The van der Waals surface area contributed by atoms with Gasteiger partial charge in [-0.3, -0.25) is 4.79 Å². The van der Waals surface area contributed by atoms with Gasteiger partial charge in [-0.25, -0.2) is 0 Å². The first-order valence-electron chi connectivity index (χ1n) is 8.15. The summed E-state index contributed by atoms with van der Waals surface area (Å²) in [5, 5.41) is 31.0. The first-order valence-corrected chi connectivity index (χ1v) is 8.15. The predicted octanol–water partition coefficient (Wildman–Crippen LogP) is 1.60. The number of carbonyl (C=O) groups is 1. The molecule has 3 N–H and O–H groups in total. The Balaban J connectivity index is 2.21. The van der Waals surface area contributed by atoms with Gasteiger partial charge in [-0.1, -0.05) is 26.0 Å². The molecule has 0 amide bonds. The molecule has 0 bridgehead atoms. The van der Waals surface area contributed by atoms with Crippen LogP contribution in [0, 0.1) is 22.7 Å². The Labute approximate surface area is 131 Å². The molecule has 2 saturated carbocycles. The van der Waals surface area contributed by atoms with Crippen molar-refractivity contribution >= 4 is 5.78 Å². The zero-order chi connectivity index (χ0) is 16.4. The normalized spacial score (nSPS) is 39.9. The summed E-state index contributed by atoms with van der Waals surface area (Å²) in [7, 11) is 0. The van der Waals surface area contributed by atoms with Crippen LogP contribution in [-0.4, -0.2) is 39.9 Å². The van der Waals surface area contributed by atoms with Crippen LogP contribution in [0.4, 0.5) is 0 Å². The van der Waals surface area contributed by atoms with Crippen LogP contribution in [0.1, 0.15) is 40.0 Å². The lowest BCUT2D eigenvalue weighted by atomic mass is 9.68. The molecule has 3 rings (SSSR count). The van der Waals surface area contributed by atoms with E-state index in [2.05, 4.69) is 20.4 Å². The molecule has 4 nitrogen and oxygen atoms in total. The van der Waals surface area contributed by atoms with E-state index in [4.69, 9.17) is 0 Å². The van der Waals surface area contributed by atoms with Crippen molar-refractivity contribution in [3.63, 3.8) is 0 Å². The number of aliphatic hydroxyl groups excluding tert-OH is 3. The molecule has 122 valence electrons. The summed E-state index contributed by atoms with van der Waals surface area (Å²) in [6, 6.07) is 0. The van der Waals surface area contributed by atoms with Crippen LogP contribution >= 0.6 is 0 Å². The molecule has 4 unspecified atom stereocenters. The highest BCUT2D eigenvalue weighted by atomic mass is 16.3. The van der Waals surface area contributed by atoms with Gasteiger partial charge in [0, 0.05) is 16.9 Å². The minimum atomic E-state index is -1.22. The maximum atomic E-state index is 12.9. The molecule has 4 atom stereocenters. The fraction of sp³-hybridized carbons (Fsp3) is 0.722. The van der Waals surface area contributed by atoms with Gasteiger partial charge in [0.25, 0.3) is 0 Å². The Kier molecular flexibility index (Phi) is 3.44. The number of carbonyl (C=O) groups excluding carboxylic acids is 1. The maximum absolute atomic E-state index is 12.9. The number of fused-ring (bicyclic) bond motifs is 1. The summed E-state index contributed by atoms with van der Waals surface area (Å²) in [5.41, 5.74) is 0.917. The lowest BCUT2D eigenvalue weighted by Gasteiger charge is -2.38. The van der Waals surface area contributed by atoms with E-state index >= 15 is 0 Å². The van der Waals surface area contributed by atoms with Gasteiger partial charge in [0.1, 0.15) is 0 Å². The molecule has 0 aromatic rings. The average molecular weight is 306 g/mol. The maximum Gasteiger partial charge on any atom is 0.170 e. The second-order valence-corrected chi connectivity index (χ2v) is 7.92. The predicted molar refractivity (Wildman–Crippen MR) is 83.0 cm³/mol. The molecule has 1 spiro atoms. The first-order chi connectivity index (χ1) is 10.2. The monoisotopic (exact) mass is 306 g/mol. The van der Waals surface area contributed by atoms with Crippen molar-refractivity contribution in [1.29, 1.82) is 0 Å². The van der Waals surface area contributed by atoms with E-state index in [1.165, 1.54) is 0 Å². The highest BCUT2D eigenvalue weighted by molar-refractivity contribution is 6.05. The minimum Gasteiger partial charge on any atom is -0.395 e. The van der Waals surface area contributed by atoms with Crippen molar-refractivity contribution in [3.05, 3.63) is 23.3 Å². The molecular formula is C18H26O4. The Bertz CT molecular complexity index is 570. The number of aliphatic hydroxyl groups is 3. The zero-order valence-corrected chi connectivity index (χ0v) is 13.6. The van der Waals surface area contributed by atoms with Gasteiger partial charge in [-0.2, -0.15) is 0 Å². The Morgan fingerprint density at radius 1 is 1.32 bits per heavy atom. The fourth-order valence-electron chi connectivity index (χ4n) is 4.39. The molecule has 2 fully saturated rings. The van der Waals surface area contributed by atoms with Crippen LogP contribution in [0.5, 0.6) is 0 Å². The van der Waals surface area contributed by atoms with E-state index in [-0.39, 0.29) is 11.2 Å². The summed E-state index contributed by atoms with van der Waals surface area (Å²) in [6.07, 6.45) is 0.643. The Hall–Kier alpha value is -0.970. The molecular weight excluding hydrogens is 280 g/mol. The van der Waals surface area contributed by atoms with Crippen LogP contribution in [0.2, 0.25) is 0 Å². The van der Waals surface area contributed by atoms with Crippen molar-refractivity contribution in [2.75, 3.05) is 6.61 Å². The zero-order valence-electron chi connectivity index (χ0n) is 13.6. The third-order valence-electron chi connectivity index (χ3n) is 6.00. The van der Waals surface area contributed by atoms with Gasteiger partial charge in [0.15, 0.2) is 5.78 Å². The number of hydrogen-bond donors (Lipinski definition) is 3. The second kappa shape index (κ2) is 4.76. The second-order valence-electron chi connectivity index (χ2n) is 7.92. The fourth-order valence-corrected chi connectivity index (χ4v) is 4.39. The molecule has 4 heteroatoms. The van der Waals surface area contributed by atoms with Crippen LogP contribution in [0.15, 0.2) is 23.3 Å². The van der Waals surface area contributed by atoms with Crippen LogP contribution in [-0.2, 0) is 4.79 Å². The van der Waals surface area contributed by atoms with E-state index in [9.17, 15) is 20.1 Å². The SMILES string of the molecule is C=C1C(O)C2C(=C(CC(C)C)C13CC3)C(=O)C(C)(CO)C2O. The summed E-state index contributed by atoms with van der Waals surface area (Å²) < 4.78 is 0. The number of Topliss-reactive ketones (excluding diaryl/α,β-unsaturated/α-hetero) is 1. The highest BCUT2D eigenvalue weighted by Gasteiger charge is 2.64. The minimum absolute atomic E-state index is 0.194. The number of hydrogen-bond acceptors (Lipinski definition) is 4. The summed E-state index contributed by atoms with van der Waals surface area (Å²) in [6.45, 7) is 9.48. The molecule has 0 radical (unpaired) electrons. The van der Waals surface area contributed by atoms with Crippen LogP contribution in [0.3, 0.4) is 0 Å². The van der Waals surface area contributed by atoms with E-state index in [1.807, 2.05) is 0 Å². The molecule has 0 aromatic carbocycles. The van der Waals surface area contributed by atoms with E-state index in [1.54, 1.807) is 6.92 Å². The molecule has 0 saturated heterocycles. The van der Waals surface area contributed by atoms with E-state index in [0.29, 0.717) is 11.5 Å². The largest absolute Gasteiger partial charge is 0.395 e. The van der Waals surface area contributed by atoms with Crippen molar-refractivity contribution in [2.45, 2.75) is 52.2 Å². The molecule has 22 heavy (non-hydrogen) atoms. The average Bonchev–Trinajstić information content (AvgIpc) is 3.23. The van der Waals surface area contributed by atoms with Gasteiger partial charge in [-0.05, 0) is 37.7 Å². The van der Waals surface area contributed by atoms with E-state index in [0.717, 1.165) is 30.4 Å². The van der Waals surface area contributed by atoms with Gasteiger partial charge < -0.3 is 15.3 Å². The van der Waals surface area contributed by atoms with Crippen molar-refractivity contribution in [3.8, 4) is 0 Å². The number of ketones is 1. The Morgan fingerprint density at radius 3 is 2.36 bits per heavy atom. The summed E-state index contributed by atoms with van der Waals surface area (Å²) in [4.78, 5) is 12.9. The highest BCUT2D eigenvalue weighted by Crippen LogP contribution is 2.66. The molecule has 0 aromatic heterocycles. The summed E-state index contributed by atoms with van der Waals surface area (Å²) >= 11 is 0. The third kappa shape index (κ3) is 1.78. The van der Waals surface area contributed by atoms with Gasteiger partial charge in [0.05, 0.1) is 24.2 Å². The van der Waals surface area contributed by atoms with Crippen molar-refractivity contribution in [1.82, 2.24) is 0 Å². The molecule has 0 aliphatic heterocycles. The van der Waals surface area contributed by atoms with E-state index < -0.39 is 30.1 Å². The third-order valence-corrected chi connectivity index (χ3v) is 6.00. The molecule has 3 aliphatic carbocycles. The molecule has 0 heterocycles. The topological polar surface area (TPSA) is 77.8 Å². The number of allylic oxidation sites excluding steroid dienone is 1. The van der Waals surface area contributed by atoms with Gasteiger partial charge >= 0.3 is 0 Å². The standard InChI is InChI=1S/C18H26O4/c1-9(2)7-11-12-13(14(20)10(3)18(11)5-6-18)16(22)17(4,8-19)15(12)21/h9,13-14,16,19-20,22H,3,5-8H2,1-2,4H3. The first kappa shape index (κ1) is 15.9. The lowest BCUT2D eigenvalue weighted by Crippen LogP contribution is -2.42. The van der Waals surface area contributed by atoms with Crippen LogP contribution < -0.4 is 0 Å². The van der Waals surface area contributed by atoms with Gasteiger partial charge in [0.2, 0.25) is 0 Å². The van der Waals surface area contributed by atoms with Crippen LogP contribution in [0.25, 0.3) is 0 Å².